The molecule has 2 aromatic rings. The van der Waals surface area contributed by atoms with Crippen molar-refractivity contribution in [2.75, 3.05) is 25.6 Å². The van der Waals surface area contributed by atoms with Gasteiger partial charge in [-0.2, -0.15) is 8.62 Å². The van der Waals surface area contributed by atoms with Crippen LogP contribution in [0.5, 0.6) is 0 Å². The minimum Gasteiger partial charge on any atom is -0.396 e. The van der Waals surface area contributed by atoms with Crippen LogP contribution >= 0.6 is 23.5 Å². The fourth-order valence-corrected chi connectivity index (χ4v) is 6.60. The van der Waals surface area contributed by atoms with Gasteiger partial charge in [0.15, 0.2) is 17.7 Å². The summed E-state index contributed by atoms with van der Waals surface area (Å²) >= 11 is 0. The molecule has 35 heavy (non-hydrogen) atoms. The molecule has 6 atom stereocenters. The zero-order valence-electron chi connectivity index (χ0n) is 17.4. The highest BCUT2D eigenvalue weighted by atomic mass is 31.3. The molecule has 0 spiro atoms. The van der Waals surface area contributed by atoms with Crippen molar-refractivity contribution in [1.82, 2.24) is 19.5 Å². The first-order valence-electron chi connectivity index (χ1n) is 9.51. The first kappa shape index (κ1) is 28.2. The summed E-state index contributed by atoms with van der Waals surface area (Å²) in [6, 6.07) is 0. The van der Waals surface area contributed by atoms with E-state index in [-0.39, 0.29) is 23.4 Å². The van der Waals surface area contributed by atoms with E-state index in [1.807, 2.05) is 0 Å². The number of nitrogens with two attached hydrogens (primary N) is 1. The largest absolute Gasteiger partial charge is 0.492 e. The zero-order valence-corrected chi connectivity index (χ0v) is 20.1. The predicted molar refractivity (Wildman–Crippen MR) is 111 cm³/mol. The Bertz CT molecular complexity index is 1170. The van der Waals surface area contributed by atoms with Crippen molar-refractivity contribution in [3.8, 4) is 0 Å². The highest BCUT2D eigenvalue weighted by Gasteiger charge is 2.47. The third kappa shape index (κ3) is 7.09. The third-order valence-electron chi connectivity index (χ3n) is 4.36. The molecule has 2 unspecified atom stereocenters. The highest BCUT2D eigenvalue weighted by Crippen LogP contribution is 2.69. The van der Waals surface area contributed by atoms with Gasteiger partial charge in [0.05, 0.1) is 19.5 Å². The number of nitrogens with zero attached hydrogens (tertiary/aromatic N) is 4. The van der Waals surface area contributed by atoms with Crippen LogP contribution in [0.1, 0.15) is 12.6 Å². The van der Waals surface area contributed by atoms with Crippen molar-refractivity contribution in [1.29, 1.82) is 0 Å². The van der Waals surface area contributed by atoms with Crippen molar-refractivity contribution in [2.24, 2.45) is 0 Å². The number of phosphoric ester groups is 1. The van der Waals surface area contributed by atoms with Gasteiger partial charge in [0, 0.05) is 6.61 Å². The first-order chi connectivity index (χ1) is 16.3. The molecule has 19 nitrogen and oxygen atoms in total. The van der Waals surface area contributed by atoms with Crippen molar-refractivity contribution in [3.05, 3.63) is 12.7 Å². The van der Waals surface area contributed by atoms with Gasteiger partial charge in [-0.1, -0.05) is 0 Å². The van der Waals surface area contributed by atoms with Crippen LogP contribution in [0.15, 0.2) is 12.7 Å². The maximum Gasteiger partial charge on any atom is 0.492 e. The molecule has 1 aliphatic heterocycles. The molecule has 0 bridgehead atoms. The summed E-state index contributed by atoms with van der Waals surface area (Å²) in [5.41, 5.74) is 6.05. The Labute approximate surface area is 195 Å². The molecule has 0 aliphatic carbocycles. The molecule has 1 saturated heterocycles. The van der Waals surface area contributed by atoms with Gasteiger partial charge in [-0.05, 0) is 6.42 Å². The van der Waals surface area contributed by atoms with Crippen LogP contribution in [-0.4, -0.2) is 87.7 Å². The Morgan fingerprint density at radius 1 is 1.06 bits per heavy atom. The minimum atomic E-state index is -5.53. The Balaban J connectivity index is 1.69. The van der Waals surface area contributed by atoms with E-state index in [9.17, 15) is 28.8 Å². The molecule has 0 saturated carbocycles. The Kier molecular flexibility index (Phi) is 8.79. The lowest BCUT2D eigenvalue weighted by Gasteiger charge is -2.21. The predicted octanol–water partition coefficient (Wildman–Crippen LogP) is -1.22. The fraction of sp³-hybridized carbons (Fsp3) is 0.615. The molecule has 1 fully saturated rings. The molecule has 22 heteroatoms. The number of aromatic nitrogens is 4. The summed E-state index contributed by atoms with van der Waals surface area (Å²) in [5.74, 6) is 0.0446. The standard InChI is InChI=1S/C13H22N5O14P3/c14-11-8-12(16-5-15-11)18(6-17-8)13-10(21)9(20)7(30-13)4-29-34(25,26)32-35(27,28-3-1-2-19)31-33(22,23)24/h5-7,9-10,13,19-21H,1-4H2,(H,25,26)(H2,14,15,16)(H2,22,23,24)/t7-,9-,10-,13-,35?/m1/s1. The van der Waals surface area contributed by atoms with Crippen LogP contribution in [0.25, 0.3) is 11.2 Å². The molecular formula is C13H22N5O14P3. The van der Waals surface area contributed by atoms with E-state index in [4.69, 9.17) is 25.4 Å². The fourth-order valence-electron chi connectivity index (χ4n) is 2.90. The van der Waals surface area contributed by atoms with Crippen LogP contribution in [0.4, 0.5) is 5.82 Å². The van der Waals surface area contributed by atoms with Crippen LogP contribution in [-0.2, 0) is 36.1 Å². The average molecular weight is 565 g/mol. The zero-order chi connectivity index (χ0) is 26.0. The molecule has 0 amide bonds. The summed E-state index contributed by atoms with van der Waals surface area (Å²) in [6.07, 6.45) is -3.85. The monoisotopic (exact) mass is 565 g/mol. The second-order valence-corrected chi connectivity index (χ2v) is 11.5. The van der Waals surface area contributed by atoms with Gasteiger partial charge >= 0.3 is 23.5 Å². The van der Waals surface area contributed by atoms with Gasteiger partial charge in [-0.3, -0.25) is 13.6 Å². The lowest BCUT2D eigenvalue weighted by molar-refractivity contribution is -0.0504. The van der Waals surface area contributed by atoms with Gasteiger partial charge in [0.2, 0.25) is 0 Å². The van der Waals surface area contributed by atoms with Gasteiger partial charge in [0.1, 0.15) is 30.2 Å². The van der Waals surface area contributed by atoms with E-state index in [0.717, 1.165) is 6.33 Å². The quantitative estimate of drug-likeness (QED) is 0.117. The first-order valence-corrected chi connectivity index (χ1v) is 14.0. The molecular weight excluding hydrogens is 543 g/mol. The summed E-state index contributed by atoms with van der Waals surface area (Å²) in [5, 5.41) is 29.4. The van der Waals surface area contributed by atoms with E-state index in [2.05, 4.69) is 32.6 Å². The number of aliphatic hydroxyl groups is 3. The summed E-state index contributed by atoms with van der Waals surface area (Å²) in [7, 11) is -16.3. The number of hydrogen-bond acceptors (Lipinski definition) is 15. The van der Waals surface area contributed by atoms with Crippen LogP contribution in [0.2, 0.25) is 0 Å². The number of fused-ring (bicyclic) bond motifs is 1. The Morgan fingerprint density at radius 3 is 2.43 bits per heavy atom. The molecule has 3 heterocycles. The summed E-state index contributed by atoms with van der Waals surface area (Å²) in [6.45, 7) is -2.04. The van der Waals surface area contributed by atoms with Crippen LogP contribution in [0.3, 0.4) is 0 Å². The smallest absolute Gasteiger partial charge is 0.396 e. The highest BCUT2D eigenvalue weighted by molar-refractivity contribution is 7.67. The maximum atomic E-state index is 12.4. The maximum absolute atomic E-state index is 12.4. The van der Waals surface area contributed by atoms with Crippen molar-refractivity contribution in [2.45, 2.75) is 31.0 Å². The summed E-state index contributed by atoms with van der Waals surface area (Å²) in [4.78, 5) is 39.4. The van der Waals surface area contributed by atoms with Gasteiger partial charge in [-0.25, -0.2) is 28.6 Å². The third-order valence-corrected chi connectivity index (χ3v) is 8.61. The number of aliphatic hydroxyl groups excluding tert-OH is 3. The number of hydrogen-bond donors (Lipinski definition) is 7. The average Bonchev–Trinajstić information content (AvgIpc) is 3.27. The number of phosphoric acid groups is 3. The number of imidazole rings is 1. The van der Waals surface area contributed by atoms with Gasteiger partial charge in [-0.15, -0.1) is 0 Å². The molecule has 3 rings (SSSR count). The van der Waals surface area contributed by atoms with Crippen LogP contribution < -0.4 is 5.73 Å². The van der Waals surface area contributed by atoms with Crippen LogP contribution in [0, 0.1) is 0 Å². The Morgan fingerprint density at radius 2 is 1.77 bits per heavy atom. The molecule has 0 radical (unpaired) electrons. The van der Waals surface area contributed by atoms with Gasteiger partial charge in [0.25, 0.3) is 0 Å². The van der Waals surface area contributed by atoms with Crippen molar-refractivity contribution in [3.63, 3.8) is 0 Å². The second kappa shape index (κ2) is 10.9. The normalized spacial score (nSPS) is 26.6. The van der Waals surface area contributed by atoms with E-state index in [1.165, 1.54) is 10.9 Å². The van der Waals surface area contributed by atoms with Gasteiger partial charge < -0.3 is 40.5 Å². The van der Waals surface area contributed by atoms with E-state index in [0.29, 0.717) is 0 Å². The summed E-state index contributed by atoms with van der Waals surface area (Å²) < 4.78 is 59.6. The molecule has 8 N–H and O–H groups in total. The minimum absolute atomic E-state index is 0.0446. The molecule has 0 aromatic carbocycles. The number of nitrogen functional groups attached to an aromatic ring is 1. The van der Waals surface area contributed by atoms with Crippen molar-refractivity contribution >= 4 is 40.4 Å². The topological polar surface area (TPSA) is 288 Å². The molecule has 1 aliphatic rings. The lowest BCUT2D eigenvalue weighted by Crippen LogP contribution is -2.33. The van der Waals surface area contributed by atoms with Crippen molar-refractivity contribution < 1.29 is 66.1 Å². The lowest BCUT2D eigenvalue weighted by atomic mass is 10.1. The van der Waals surface area contributed by atoms with E-state index >= 15 is 0 Å². The van der Waals surface area contributed by atoms with E-state index < -0.39 is 67.8 Å². The number of rotatable bonds is 12. The molecule has 2 aromatic heterocycles. The number of anilines is 1. The number of ether oxygens (including phenoxy) is 1. The second-order valence-electron chi connectivity index (χ2n) is 6.91. The Hall–Kier alpha value is -1.40. The SMILES string of the molecule is Nc1ncnc2c1ncn2[C@@H]1O[C@H](COP(=O)(O)OP(=O)(OCCCO)OP(=O)(O)O)[C@@H](O)[C@H]1O. The van der Waals surface area contributed by atoms with E-state index in [1.54, 1.807) is 0 Å². The molecule has 198 valence electrons.